The van der Waals surface area contributed by atoms with Crippen LogP contribution >= 0.6 is 11.3 Å². The van der Waals surface area contributed by atoms with Crippen molar-refractivity contribution in [1.82, 2.24) is 4.98 Å². The summed E-state index contributed by atoms with van der Waals surface area (Å²) < 4.78 is 24.0. The highest BCUT2D eigenvalue weighted by Crippen LogP contribution is 2.29. The number of anilines is 1. The lowest BCUT2D eigenvalue weighted by Crippen LogP contribution is -2.24. The minimum absolute atomic E-state index is 0.0620. The third kappa shape index (κ3) is 5.62. The molecule has 1 aliphatic carbocycles. The highest BCUT2D eigenvalue weighted by atomic mass is 32.2. The van der Waals surface area contributed by atoms with E-state index in [-0.39, 0.29) is 5.75 Å². The van der Waals surface area contributed by atoms with Crippen molar-refractivity contribution in [2.45, 2.75) is 51.9 Å². The van der Waals surface area contributed by atoms with Crippen molar-refractivity contribution in [3.8, 4) is 11.3 Å². The fraction of sp³-hybridized carbons (Fsp3) is 0.500. The number of carbonyl (C=O) groups is 1. The van der Waals surface area contributed by atoms with Gasteiger partial charge in [0.15, 0.2) is 15.0 Å². The zero-order valence-corrected chi connectivity index (χ0v) is 17.3. The third-order valence-electron chi connectivity index (χ3n) is 4.80. The largest absolute Gasteiger partial charge is 0.301 e. The Labute approximate surface area is 165 Å². The minimum atomic E-state index is -3.36. The number of aryl methyl sites for hydroxylation is 2. The van der Waals surface area contributed by atoms with Crippen LogP contribution in [0, 0.1) is 0 Å². The van der Waals surface area contributed by atoms with Gasteiger partial charge < -0.3 is 5.32 Å². The van der Waals surface area contributed by atoms with E-state index in [0.29, 0.717) is 11.6 Å². The number of rotatable bonds is 8. The van der Waals surface area contributed by atoms with Gasteiger partial charge in [0.05, 0.1) is 11.4 Å². The van der Waals surface area contributed by atoms with E-state index in [9.17, 15) is 13.2 Å². The summed E-state index contributed by atoms with van der Waals surface area (Å²) in [5.74, 6) is -0.936. The second kappa shape index (κ2) is 8.97. The predicted octanol–water partition coefficient (Wildman–Crippen LogP) is 4.23. The van der Waals surface area contributed by atoms with Crippen LogP contribution in [0.5, 0.6) is 0 Å². The van der Waals surface area contributed by atoms with Gasteiger partial charge in [-0.15, -0.1) is 11.3 Å². The van der Waals surface area contributed by atoms with Crippen LogP contribution in [0.3, 0.4) is 0 Å². The van der Waals surface area contributed by atoms with Gasteiger partial charge in [-0.2, -0.15) is 0 Å². The van der Waals surface area contributed by atoms with Crippen LogP contribution < -0.4 is 5.32 Å². The molecule has 0 fully saturated rings. The molecular formula is C20H26N2O3S2. The summed E-state index contributed by atoms with van der Waals surface area (Å²) in [5.41, 5.74) is 4.66. The second-order valence-electron chi connectivity index (χ2n) is 7.08. The van der Waals surface area contributed by atoms with E-state index < -0.39 is 21.5 Å². The average Bonchev–Trinajstić information content (AvgIpc) is 3.09. The van der Waals surface area contributed by atoms with Gasteiger partial charge in [0.2, 0.25) is 5.91 Å². The molecule has 0 saturated heterocycles. The molecule has 1 aliphatic rings. The first kappa shape index (κ1) is 20.0. The molecule has 146 valence electrons. The molecule has 0 bridgehead atoms. The number of thiazole rings is 1. The molecule has 7 heteroatoms. The number of sulfone groups is 1. The Kier molecular flexibility index (Phi) is 6.65. The molecule has 1 aromatic carbocycles. The first-order valence-electron chi connectivity index (χ1n) is 9.55. The second-order valence-corrected chi connectivity index (χ2v) is 10.1. The number of aromatic nitrogens is 1. The Morgan fingerprint density at radius 1 is 1.19 bits per heavy atom. The van der Waals surface area contributed by atoms with E-state index in [1.807, 2.05) is 12.3 Å². The molecule has 0 radical (unpaired) electrons. The van der Waals surface area contributed by atoms with E-state index in [1.54, 1.807) is 0 Å². The number of hydrogen-bond donors (Lipinski definition) is 1. The Hall–Kier alpha value is -1.73. The van der Waals surface area contributed by atoms with Crippen molar-refractivity contribution in [2.24, 2.45) is 0 Å². The molecule has 3 rings (SSSR count). The standard InChI is InChI=1S/C20H26N2O3S2/c1-2-3-6-11-27(24,25)14-19(23)22-20-21-18(13-26-20)17-10-9-15-7-4-5-8-16(15)12-17/h9-10,12-13H,2-8,11,14H2,1H3,(H,21,22,23). The number of benzene rings is 1. The van der Waals surface area contributed by atoms with Crippen molar-refractivity contribution < 1.29 is 13.2 Å². The first-order chi connectivity index (χ1) is 13.0. The number of nitrogens with one attached hydrogen (secondary N) is 1. The summed E-state index contributed by atoms with van der Waals surface area (Å²) in [6.07, 6.45) is 7.13. The van der Waals surface area contributed by atoms with Crippen molar-refractivity contribution in [1.29, 1.82) is 0 Å². The Morgan fingerprint density at radius 3 is 2.74 bits per heavy atom. The van der Waals surface area contributed by atoms with Crippen molar-refractivity contribution in [3.05, 3.63) is 34.7 Å². The molecule has 1 heterocycles. The Morgan fingerprint density at radius 2 is 1.96 bits per heavy atom. The summed E-state index contributed by atoms with van der Waals surface area (Å²) in [6, 6.07) is 6.43. The molecule has 0 atom stereocenters. The molecule has 0 spiro atoms. The molecular weight excluding hydrogens is 380 g/mol. The van der Waals surface area contributed by atoms with Crippen LogP contribution in [0.25, 0.3) is 11.3 Å². The van der Waals surface area contributed by atoms with Crippen LogP contribution in [0.15, 0.2) is 23.6 Å². The monoisotopic (exact) mass is 406 g/mol. The van der Waals surface area contributed by atoms with Crippen molar-refractivity contribution in [3.63, 3.8) is 0 Å². The molecule has 1 amide bonds. The van der Waals surface area contributed by atoms with Crippen molar-refractivity contribution >= 4 is 32.2 Å². The maximum absolute atomic E-state index is 12.1. The number of unbranched alkanes of at least 4 members (excludes halogenated alkanes) is 2. The van der Waals surface area contributed by atoms with Crippen LogP contribution in [0.4, 0.5) is 5.13 Å². The van der Waals surface area contributed by atoms with Crippen LogP contribution in [0.1, 0.15) is 50.2 Å². The average molecular weight is 407 g/mol. The lowest BCUT2D eigenvalue weighted by Gasteiger charge is -2.16. The number of nitrogens with zero attached hydrogens (tertiary/aromatic N) is 1. The molecule has 2 aromatic rings. The smallest absolute Gasteiger partial charge is 0.241 e. The van der Waals surface area contributed by atoms with Gasteiger partial charge in [0, 0.05) is 10.9 Å². The maximum Gasteiger partial charge on any atom is 0.241 e. The van der Waals surface area contributed by atoms with E-state index in [2.05, 4.69) is 28.5 Å². The minimum Gasteiger partial charge on any atom is -0.301 e. The normalized spacial score (nSPS) is 14.0. The highest BCUT2D eigenvalue weighted by Gasteiger charge is 2.18. The molecule has 1 aromatic heterocycles. The summed E-state index contributed by atoms with van der Waals surface area (Å²) in [7, 11) is -3.36. The number of hydrogen-bond acceptors (Lipinski definition) is 5. The van der Waals surface area contributed by atoms with E-state index in [0.717, 1.165) is 36.9 Å². The van der Waals surface area contributed by atoms with Gasteiger partial charge in [-0.3, -0.25) is 4.79 Å². The molecule has 1 N–H and O–H groups in total. The predicted molar refractivity (Wildman–Crippen MR) is 111 cm³/mol. The van der Waals surface area contributed by atoms with Crippen LogP contribution in [0.2, 0.25) is 0 Å². The quantitative estimate of drug-likeness (QED) is 0.666. The maximum atomic E-state index is 12.1. The van der Waals surface area contributed by atoms with Gasteiger partial charge in [-0.05, 0) is 49.3 Å². The molecule has 0 aliphatic heterocycles. The number of carbonyl (C=O) groups excluding carboxylic acids is 1. The van der Waals surface area contributed by atoms with Crippen molar-refractivity contribution in [2.75, 3.05) is 16.8 Å². The summed E-state index contributed by atoms with van der Waals surface area (Å²) in [6.45, 7) is 2.02. The fourth-order valence-corrected chi connectivity index (χ4v) is 5.35. The number of fused-ring (bicyclic) bond motifs is 1. The first-order valence-corrected chi connectivity index (χ1v) is 12.2. The van der Waals surface area contributed by atoms with Gasteiger partial charge >= 0.3 is 0 Å². The molecule has 5 nitrogen and oxygen atoms in total. The van der Waals surface area contributed by atoms with E-state index >= 15 is 0 Å². The summed E-state index contributed by atoms with van der Waals surface area (Å²) >= 11 is 1.32. The highest BCUT2D eigenvalue weighted by molar-refractivity contribution is 7.92. The Bertz CT molecular complexity index is 904. The topological polar surface area (TPSA) is 76.1 Å². The lowest BCUT2D eigenvalue weighted by molar-refractivity contribution is -0.113. The number of amides is 1. The van der Waals surface area contributed by atoms with Gasteiger partial charge in [-0.25, -0.2) is 13.4 Å². The molecule has 0 unspecified atom stereocenters. The van der Waals surface area contributed by atoms with Crippen LogP contribution in [-0.4, -0.2) is 30.8 Å². The van der Waals surface area contributed by atoms with Gasteiger partial charge in [-0.1, -0.05) is 31.9 Å². The molecule has 27 heavy (non-hydrogen) atoms. The lowest BCUT2D eigenvalue weighted by atomic mass is 9.90. The summed E-state index contributed by atoms with van der Waals surface area (Å²) in [5, 5.41) is 4.97. The molecule has 0 saturated carbocycles. The zero-order chi connectivity index (χ0) is 19.3. The van der Waals surface area contributed by atoms with Gasteiger partial charge in [0.1, 0.15) is 5.75 Å². The third-order valence-corrected chi connectivity index (χ3v) is 7.18. The van der Waals surface area contributed by atoms with E-state index in [1.165, 1.54) is 35.3 Å². The Balaban J connectivity index is 1.61. The fourth-order valence-electron chi connectivity index (χ4n) is 3.36. The van der Waals surface area contributed by atoms with Gasteiger partial charge in [0.25, 0.3) is 0 Å². The van der Waals surface area contributed by atoms with Crippen LogP contribution in [-0.2, 0) is 27.5 Å². The summed E-state index contributed by atoms with van der Waals surface area (Å²) in [4.78, 5) is 16.5. The SMILES string of the molecule is CCCCCS(=O)(=O)CC(=O)Nc1nc(-c2ccc3c(c2)CCCC3)cs1. The van der Waals surface area contributed by atoms with E-state index in [4.69, 9.17) is 0 Å². The zero-order valence-electron chi connectivity index (χ0n) is 15.7.